The van der Waals surface area contributed by atoms with Crippen LogP contribution in [0.15, 0.2) is 279 Å². The Morgan fingerprint density at radius 1 is 0.206 bits per heavy atom. The Morgan fingerprint density at radius 3 is 0.765 bits per heavy atom. The van der Waals surface area contributed by atoms with Crippen LogP contribution >= 0.6 is 0 Å². The number of hydrogen-bond acceptors (Lipinski definition) is 4. The lowest BCUT2D eigenvalue weighted by atomic mass is 10.0. The maximum Gasteiger partial charge on any atom is 0.179 e. The molecular formula is C63H46N4Si. The van der Waals surface area contributed by atoms with Gasteiger partial charge in [-0.1, -0.05) is 243 Å². The minimum atomic E-state index is -2.93. The van der Waals surface area contributed by atoms with Gasteiger partial charge < -0.3 is 4.90 Å². The summed E-state index contributed by atoms with van der Waals surface area (Å²) in [5, 5.41) is 5.14. The van der Waals surface area contributed by atoms with E-state index in [0.717, 1.165) is 33.8 Å². The molecule has 4 nitrogen and oxygen atoms in total. The zero-order valence-corrected chi connectivity index (χ0v) is 38.3. The molecule has 0 spiro atoms. The average Bonchev–Trinajstić information content (AvgIpc) is 3.43. The third kappa shape index (κ3) is 8.35. The number of anilines is 3. The normalized spacial score (nSPS) is 11.2. The SMILES string of the molecule is c1ccc(-c2ccc(N(c3ccc(-c4ccccc4)cc3)c3ccc([Si](c4ccccc4)(c4ccccc4)c4ccc(-c5nc(-c6ccccc6)nc(-c6ccccc6)n5)cc4)cc3)cc2)cc1. The predicted molar refractivity (Wildman–Crippen MR) is 285 cm³/mol. The van der Waals surface area contributed by atoms with E-state index < -0.39 is 8.07 Å². The van der Waals surface area contributed by atoms with Crippen molar-refractivity contribution in [1.29, 1.82) is 0 Å². The fourth-order valence-electron chi connectivity index (χ4n) is 9.36. The van der Waals surface area contributed by atoms with Gasteiger partial charge in [0, 0.05) is 33.8 Å². The third-order valence-electron chi connectivity index (χ3n) is 12.7. The fourth-order valence-corrected chi connectivity index (χ4v) is 14.1. The van der Waals surface area contributed by atoms with Crippen molar-refractivity contribution >= 4 is 45.9 Å². The van der Waals surface area contributed by atoms with Crippen LogP contribution in [0.1, 0.15) is 0 Å². The molecule has 0 aliphatic rings. The summed E-state index contributed by atoms with van der Waals surface area (Å²) in [6.45, 7) is 0. The quantitative estimate of drug-likeness (QED) is 0.0905. The van der Waals surface area contributed by atoms with Gasteiger partial charge in [-0.15, -0.1) is 0 Å². The van der Waals surface area contributed by atoms with Crippen molar-refractivity contribution in [1.82, 2.24) is 15.0 Å². The van der Waals surface area contributed by atoms with Crippen LogP contribution in [0.3, 0.4) is 0 Å². The molecule has 0 unspecified atom stereocenters. The fraction of sp³-hybridized carbons (Fsp3) is 0. The molecular weight excluding hydrogens is 841 g/mol. The Kier molecular flexibility index (Phi) is 11.7. The molecule has 0 radical (unpaired) electrons. The van der Waals surface area contributed by atoms with Crippen LogP contribution in [0.25, 0.3) is 56.4 Å². The molecule has 0 fully saturated rings. The Hall–Kier alpha value is -8.77. The molecule has 68 heavy (non-hydrogen) atoms. The van der Waals surface area contributed by atoms with Gasteiger partial charge in [0.1, 0.15) is 0 Å². The van der Waals surface area contributed by atoms with E-state index in [1.807, 2.05) is 60.7 Å². The maximum absolute atomic E-state index is 5.07. The third-order valence-corrected chi connectivity index (χ3v) is 17.5. The molecule has 0 aliphatic carbocycles. The number of nitrogens with zero attached hydrogens (tertiary/aromatic N) is 4. The Morgan fingerprint density at radius 2 is 0.426 bits per heavy atom. The van der Waals surface area contributed by atoms with Gasteiger partial charge in [0.2, 0.25) is 0 Å². The molecule has 1 aromatic heterocycles. The first-order valence-electron chi connectivity index (χ1n) is 23.0. The van der Waals surface area contributed by atoms with E-state index in [9.17, 15) is 0 Å². The second kappa shape index (κ2) is 19.0. The molecule has 5 heteroatoms. The average molecular weight is 887 g/mol. The standard InChI is InChI=1S/C63H46N4Si/c1-7-19-47(20-8-1)49-31-37-54(38-32-49)67(55-39-33-50(34-40-55)48-21-9-2-10-22-48)56-41-45-60(46-42-56)68(57-27-15-5-16-28-57,58-29-17-6-18-30-58)59-43-35-53(36-44-59)63-65-61(51-23-11-3-12-24-51)64-62(66-63)52-25-13-4-14-26-52/h1-46H. The minimum Gasteiger partial charge on any atom is -0.311 e. The maximum atomic E-state index is 5.07. The zero-order chi connectivity index (χ0) is 45.5. The van der Waals surface area contributed by atoms with Gasteiger partial charge in [-0.3, -0.25) is 0 Å². The van der Waals surface area contributed by atoms with Gasteiger partial charge >= 0.3 is 0 Å². The van der Waals surface area contributed by atoms with Crippen LogP contribution in [0, 0.1) is 0 Å². The molecule has 0 bridgehead atoms. The second-order valence-corrected chi connectivity index (χ2v) is 20.6. The lowest BCUT2D eigenvalue weighted by molar-refractivity contribution is 1.07. The van der Waals surface area contributed by atoms with Crippen LogP contribution in [-0.2, 0) is 0 Å². The molecule has 0 atom stereocenters. The van der Waals surface area contributed by atoms with Crippen LogP contribution < -0.4 is 25.6 Å². The molecule has 1 heterocycles. The summed E-state index contributed by atoms with van der Waals surface area (Å²) in [6.07, 6.45) is 0. The Labute approximate surface area is 399 Å². The highest BCUT2D eigenvalue weighted by Gasteiger charge is 2.41. The summed E-state index contributed by atoms with van der Waals surface area (Å²) in [5.74, 6) is 1.92. The van der Waals surface area contributed by atoms with Crippen LogP contribution in [-0.4, -0.2) is 23.0 Å². The van der Waals surface area contributed by atoms with E-state index in [0.29, 0.717) is 17.5 Å². The topological polar surface area (TPSA) is 41.9 Å². The largest absolute Gasteiger partial charge is 0.311 e. The van der Waals surface area contributed by atoms with E-state index in [1.165, 1.54) is 43.0 Å². The Bertz CT molecular complexity index is 3190. The van der Waals surface area contributed by atoms with Gasteiger partial charge in [0.05, 0.1) is 0 Å². The smallest absolute Gasteiger partial charge is 0.179 e. The van der Waals surface area contributed by atoms with Crippen molar-refractivity contribution in [3.8, 4) is 56.4 Å². The second-order valence-electron chi connectivity index (χ2n) is 16.8. The van der Waals surface area contributed by atoms with E-state index in [-0.39, 0.29) is 0 Å². The predicted octanol–water partition coefficient (Wildman–Crippen LogP) is 13.1. The summed E-state index contributed by atoms with van der Waals surface area (Å²) in [4.78, 5) is 17.4. The van der Waals surface area contributed by atoms with Gasteiger partial charge in [0.25, 0.3) is 0 Å². The molecule has 0 saturated carbocycles. The minimum absolute atomic E-state index is 0.633. The number of aromatic nitrogens is 3. The summed E-state index contributed by atoms with van der Waals surface area (Å²) in [5.41, 5.74) is 10.8. The highest BCUT2D eigenvalue weighted by molar-refractivity contribution is 7.19. The van der Waals surface area contributed by atoms with Crippen molar-refractivity contribution in [3.05, 3.63) is 279 Å². The number of rotatable bonds is 12. The van der Waals surface area contributed by atoms with Crippen molar-refractivity contribution in [3.63, 3.8) is 0 Å². The summed E-state index contributed by atoms with van der Waals surface area (Å²) >= 11 is 0. The van der Waals surface area contributed by atoms with Gasteiger partial charge in [-0.2, -0.15) is 0 Å². The number of benzene rings is 10. The van der Waals surface area contributed by atoms with Gasteiger partial charge in [-0.25, -0.2) is 15.0 Å². The summed E-state index contributed by atoms with van der Waals surface area (Å²) in [6, 6.07) is 99.6. The Balaban J connectivity index is 1.03. The highest BCUT2D eigenvalue weighted by atomic mass is 28.3. The first-order valence-corrected chi connectivity index (χ1v) is 25.0. The van der Waals surface area contributed by atoms with E-state index in [4.69, 9.17) is 15.0 Å². The molecule has 0 N–H and O–H groups in total. The van der Waals surface area contributed by atoms with Gasteiger partial charge in [0.15, 0.2) is 25.5 Å². The first-order chi connectivity index (χ1) is 33.7. The van der Waals surface area contributed by atoms with Crippen LogP contribution in [0.2, 0.25) is 0 Å². The van der Waals surface area contributed by atoms with Crippen molar-refractivity contribution < 1.29 is 0 Å². The summed E-state index contributed by atoms with van der Waals surface area (Å²) < 4.78 is 0. The molecule has 0 aliphatic heterocycles. The molecule has 0 amide bonds. The summed E-state index contributed by atoms with van der Waals surface area (Å²) in [7, 11) is -2.93. The zero-order valence-electron chi connectivity index (χ0n) is 37.3. The molecule has 0 saturated heterocycles. The van der Waals surface area contributed by atoms with Crippen molar-refractivity contribution in [2.75, 3.05) is 4.90 Å². The van der Waals surface area contributed by atoms with Crippen LogP contribution in [0.5, 0.6) is 0 Å². The lowest BCUT2D eigenvalue weighted by Crippen LogP contribution is -2.74. The monoisotopic (exact) mass is 886 g/mol. The molecule has 322 valence electrons. The lowest BCUT2D eigenvalue weighted by Gasteiger charge is -2.35. The van der Waals surface area contributed by atoms with E-state index in [2.05, 4.69) is 223 Å². The van der Waals surface area contributed by atoms with E-state index >= 15 is 0 Å². The van der Waals surface area contributed by atoms with Crippen molar-refractivity contribution in [2.24, 2.45) is 0 Å². The van der Waals surface area contributed by atoms with Gasteiger partial charge in [-0.05, 0) is 79.4 Å². The highest BCUT2D eigenvalue weighted by Crippen LogP contribution is 2.37. The van der Waals surface area contributed by atoms with E-state index in [1.54, 1.807) is 0 Å². The number of hydrogen-bond donors (Lipinski definition) is 0. The van der Waals surface area contributed by atoms with Crippen molar-refractivity contribution in [2.45, 2.75) is 0 Å². The molecule has 11 rings (SSSR count). The first kappa shape index (κ1) is 41.9. The molecule has 11 aromatic rings. The molecule has 10 aromatic carbocycles. The van der Waals surface area contributed by atoms with Crippen LogP contribution in [0.4, 0.5) is 17.1 Å².